The highest BCUT2D eigenvalue weighted by molar-refractivity contribution is 5.80. The molecule has 0 radical (unpaired) electrons. The first-order valence-electron chi connectivity index (χ1n) is 7.27. The fraction of sp³-hybridized carbons (Fsp3) is 0.167. The Morgan fingerprint density at radius 1 is 1.12 bits per heavy atom. The molecular weight excluding hydrogens is 308 g/mol. The molecule has 2 rings (SSSR count). The number of rotatable bonds is 6. The standard InChI is InChI=1S/C18H16N2O4/c19-11-15-8-4-7-14(9-15)10-16(17(21)22)20-18(23)24-12-13-5-2-1-3-6-13/h1-9,16H,10,12H2,(H,20,23)(H,21,22). The maximum absolute atomic E-state index is 11.8. The Hall–Kier alpha value is -3.33. The fourth-order valence-electron chi connectivity index (χ4n) is 2.11. The number of aliphatic carboxylic acids is 1. The summed E-state index contributed by atoms with van der Waals surface area (Å²) in [5.74, 6) is -1.17. The Bertz CT molecular complexity index is 753. The second kappa shape index (κ2) is 8.34. The van der Waals surface area contributed by atoms with Crippen LogP contribution >= 0.6 is 0 Å². The molecule has 2 N–H and O–H groups in total. The van der Waals surface area contributed by atoms with E-state index in [1.165, 1.54) is 0 Å². The van der Waals surface area contributed by atoms with Gasteiger partial charge in [-0.3, -0.25) is 0 Å². The molecule has 0 fully saturated rings. The summed E-state index contributed by atoms with van der Waals surface area (Å²) in [5.41, 5.74) is 1.88. The van der Waals surface area contributed by atoms with Gasteiger partial charge in [0.15, 0.2) is 0 Å². The van der Waals surface area contributed by atoms with Crippen LogP contribution in [0, 0.1) is 11.3 Å². The van der Waals surface area contributed by atoms with Gasteiger partial charge in [-0.05, 0) is 23.3 Å². The molecule has 1 unspecified atom stereocenters. The maximum atomic E-state index is 11.8. The van der Waals surface area contributed by atoms with E-state index >= 15 is 0 Å². The molecule has 0 bridgehead atoms. The molecule has 0 aliphatic carbocycles. The van der Waals surface area contributed by atoms with Crippen molar-refractivity contribution >= 4 is 12.1 Å². The Morgan fingerprint density at radius 3 is 2.50 bits per heavy atom. The van der Waals surface area contributed by atoms with E-state index in [0.717, 1.165) is 5.56 Å². The van der Waals surface area contributed by atoms with Gasteiger partial charge < -0.3 is 15.2 Å². The summed E-state index contributed by atoms with van der Waals surface area (Å²) in [6.45, 7) is 0.0585. The molecule has 1 atom stereocenters. The average Bonchev–Trinajstić information content (AvgIpc) is 2.60. The Kier molecular flexibility index (Phi) is 5.92. The number of amides is 1. The Labute approximate surface area is 139 Å². The van der Waals surface area contributed by atoms with Crippen LogP contribution in [0.3, 0.4) is 0 Å². The Morgan fingerprint density at radius 2 is 1.83 bits per heavy atom. The summed E-state index contributed by atoms with van der Waals surface area (Å²) in [6, 6.07) is 16.5. The van der Waals surface area contributed by atoms with Crippen molar-refractivity contribution in [2.75, 3.05) is 0 Å². The van der Waals surface area contributed by atoms with Gasteiger partial charge in [-0.2, -0.15) is 5.26 Å². The van der Waals surface area contributed by atoms with Crippen molar-refractivity contribution in [2.24, 2.45) is 0 Å². The number of ether oxygens (including phenoxy) is 1. The number of alkyl carbamates (subject to hydrolysis) is 1. The van der Waals surface area contributed by atoms with Gasteiger partial charge in [0.25, 0.3) is 0 Å². The molecule has 24 heavy (non-hydrogen) atoms. The van der Waals surface area contributed by atoms with Gasteiger partial charge in [0.1, 0.15) is 12.6 Å². The van der Waals surface area contributed by atoms with Crippen LogP contribution < -0.4 is 5.32 Å². The van der Waals surface area contributed by atoms with Crippen molar-refractivity contribution in [1.29, 1.82) is 5.26 Å². The summed E-state index contributed by atoms with van der Waals surface area (Å²) in [6.07, 6.45) is -0.742. The van der Waals surface area contributed by atoms with Gasteiger partial charge >= 0.3 is 12.1 Å². The number of benzene rings is 2. The zero-order chi connectivity index (χ0) is 17.4. The number of carboxylic acids is 1. The predicted molar refractivity (Wildman–Crippen MR) is 86.0 cm³/mol. The minimum absolute atomic E-state index is 0.0585. The van der Waals surface area contributed by atoms with Crippen molar-refractivity contribution in [3.8, 4) is 6.07 Å². The lowest BCUT2D eigenvalue weighted by molar-refractivity contribution is -0.139. The van der Waals surface area contributed by atoms with Gasteiger partial charge in [0.2, 0.25) is 0 Å². The largest absolute Gasteiger partial charge is 0.480 e. The van der Waals surface area contributed by atoms with Crippen molar-refractivity contribution in [2.45, 2.75) is 19.1 Å². The quantitative estimate of drug-likeness (QED) is 0.850. The molecule has 2 aromatic carbocycles. The summed E-state index contributed by atoms with van der Waals surface area (Å²) in [7, 11) is 0. The number of carbonyl (C=O) groups is 2. The molecule has 1 amide bonds. The fourth-order valence-corrected chi connectivity index (χ4v) is 2.11. The number of nitrogens with one attached hydrogen (secondary N) is 1. The molecule has 0 heterocycles. The highest BCUT2D eigenvalue weighted by atomic mass is 16.5. The van der Waals surface area contributed by atoms with E-state index in [-0.39, 0.29) is 13.0 Å². The normalized spacial score (nSPS) is 11.1. The summed E-state index contributed by atoms with van der Waals surface area (Å²) in [5, 5.41) is 20.5. The van der Waals surface area contributed by atoms with Crippen molar-refractivity contribution in [3.05, 3.63) is 71.3 Å². The van der Waals surface area contributed by atoms with Crippen LogP contribution in [0.15, 0.2) is 54.6 Å². The molecule has 2 aromatic rings. The minimum Gasteiger partial charge on any atom is -0.480 e. The zero-order valence-electron chi connectivity index (χ0n) is 12.8. The summed E-state index contributed by atoms with van der Waals surface area (Å²) in [4.78, 5) is 23.1. The van der Waals surface area contributed by atoms with Crippen LogP contribution in [0.25, 0.3) is 0 Å². The molecule has 0 saturated heterocycles. The molecule has 0 spiro atoms. The molecule has 6 heteroatoms. The second-order valence-corrected chi connectivity index (χ2v) is 5.11. The van der Waals surface area contributed by atoms with Gasteiger partial charge in [-0.1, -0.05) is 42.5 Å². The van der Waals surface area contributed by atoms with Gasteiger partial charge in [0, 0.05) is 6.42 Å². The molecule has 0 aromatic heterocycles. The summed E-state index contributed by atoms with van der Waals surface area (Å²) >= 11 is 0. The zero-order valence-corrected chi connectivity index (χ0v) is 12.8. The van der Waals surface area contributed by atoms with E-state index in [0.29, 0.717) is 11.1 Å². The lowest BCUT2D eigenvalue weighted by atomic mass is 10.0. The van der Waals surface area contributed by atoms with E-state index in [4.69, 9.17) is 10.00 Å². The molecule has 0 aliphatic rings. The number of nitrogens with zero attached hydrogens (tertiary/aromatic N) is 1. The number of hydrogen-bond donors (Lipinski definition) is 2. The highest BCUT2D eigenvalue weighted by Gasteiger charge is 2.21. The predicted octanol–water partition coefficient (Wildman–Crippen LogP) is 2.48. The minimum atomic E-state index is -1.17. The lowest BCUT2D eigenvalue weighted by Gasteiger charge is -2.15. The average molecular weight is 324 g/mol. The third kappa shape index (κ3) is 5.14. The van der Waals surface area contributed by atoms with E-state index < -0.39 is 18.1 Å². The smallest absolute Gasteiger partial charge is 0.408 e. The topological polar surface area (TPSA) is 99.4 Å². The number of carboxylic acid groups (broad SMARTS) is 1. The van der Waals surface area contributed by atoms with Crippen LogP contribution in [-0.4, -0.2) is 23.2 Å². The maximum Gasteiger partial charge on any atom is 0.408 e. The Balaban J connectivity index is 1.94. The monoisotopic (exact) mass is 324 g/mol. The molecule has 0 aliphatic heterocycles. The number of nitriles is 1. The van der Waals surface area contributed by atoms with Crippen molar-refractivity contribution < 1.29 is 19.4 Å². The van der Waals surface area contributed by atoms with Gasteiger partial charge in [-0.25, -0.2) is 9.59 Å². The van der Waals surface area contributed by atoms with Crippen LogP contribution in [-0.2, 0) is 22.6 Å². The van der Waals surface area contributed by atoms with Crippen molar-refractivity contribution in [3.63, 3.8) is 0 Å². The van der Waals surface area contributed by atoms with Crippen LogP contribution in [0.1, 0.15) is 16.7 Å². The van der Waals surface area contributed by atoms with E-state index in [1.807, 2.05) is 24.3 Å². The first kappa shape index (κ1) is 17.0. The van der Waals surface area contributed by atoms with E-state index in [2.05, 4.69) is 5.32 Å². The molecule has 0 saturated carbocycles. The lowest BCUT2D eigenvalue weighted by Crippen LogP contribution is -2.42. The highest BCUT2D eigenvalue weighted by Crippen LogP contribution is 2.08. The van der Waals surface area contributed by atoms with Crippen LogP contribution in [0.2, 0.25) is 0 Å². The van der Waals surface area contributed by atoms with Crippen molar-refractivity contribution in [1.82, 2.24) is 5.32 Å². The van der Waals surface area contributed by atoms with Gasteiger partial charge in [-0.15, -0.1) is 0 Å². The SMILES string of the molecule is N#Cc1cccc(CC(NC(=O)OCc2ccccc2)C(=O)O)c1. The number of hydrogen-bond acceptors (Lipinski definition) is 4. The molecule has 122 valence electrons. The molecule has 6 nitrogen and oxygen atoms in total. The number of carbonyl (C=O) groups excluding carboxylic acids is 1. The molecular formula is C18H16N2O4. The second-order valence-electron chi connectivity index (χ2n) is 5.11. The first-order valence-corrected chi connectivity index (χ1v) is 7.27. The third-order valence-corrected chi connectivity index (χ3v) is 3.30. The van der Waals surface area contributed by atoms with E-state index in [1.54, 1.807) is 36.4 Å². The van der Waals surface area contributed by atoms with Crippen LogP contribution in [0.4, 0.5) is 4.79 Å². The summed E-state index contributed by atoms with van der Waals surface area (Å²) < 4.78 is 5.03. The first-order chi connectivity index (χ1) is 11.6. The van der Waals surface area contributed by atoms with E-state index in [9.17, 15) is 14.7 Å². The van der Waals surface area contributed by atoms with Crippen LogP contribution in [0.5, 0.6) is 0 Å². The third-order valence-electron chi connectivity index (χ3n) is 3.30. The van der Waals surface area contributed by atoms with Gasteiger partial charge in [0.05, 0.1) is 11.6 Å².